The van der Waals surface area contributed by atoms with Crippen molar-refractivity contribution in [3.05, 3.63) is 17.1 Å². The van der Waals surface area contributed by atoms with Gasteiger partial charge in [0.1, 0.15) is 5.76 Å². The molecule has 0 amide bonds. The fraction of sp³-hybridized carbons (Fsp3) is 0.769. The minimum Gasteiger partial charge on any atom is -0.428 e. The highest BCUT2D eigenvalue weighted by Gasteiger charge is 2.34. The molecule has 1 aromatic heterocycles. The third kappa shape index (κ3) is 1.62. The summed E-state index contributed by atoms with van der Waals surface area (Å²) in [4.78, 5) is 4.26. The number of hydrogen-bond donors (Lipinski definition) is 0. The predicted molar refractivity (Wildman–Crippen MR) is 64.5 cm³/mol. The summed E-state index contributed by atoms with van der Waals surface area (Å²) in [5.41, 5.74) is 2.29. The molecule has 3 heteroatoms. The Morgan fingerprint density at radius 1 is 1.38 bits per heavy atom. The van der Waals surface area contributed by atoms with E-state index in [1.807, 2.05) is 0 Å². The molecule has 0 aliphatic heterocycles. The fourth-order valence-corrected chi connectivity index (χ4v) is 2.68. The molecular weight excluding hydrogens is 200 g/mol. The molecule has 0 radical (unpaired) electrons. The van der Waals surface area contributed by atoms with Gasteiger partial charge in [0.05, 0.1) is 5.69 Å². The zero-order chi connectivity index (χ0) is 11.9. The highest BCUT2D eigenvalue weighted by molar-refractivity contribution is 5.22. The van der Waals surface area contributed by atoms with Crippen LogP contribution in [-0.2, 0) is 11.8 Å². The summed E-state index contributed by atoms with van der Waals surface area (Å²) >= 11 is 0. The Bertz CT molecular complexity index is 449. The number of rotatable bonds is 1. The molecule has 0 saturated heterocycles. The quantitative estimate of drug-likeness (QED) is 0.718. The lowest BCUT2D eigenvalue weighted by atomic mass is 9.79. The maximum absolute atomic E-state index is 5.96. The molecule has 0 saturated carbocycles. The maximum atomic E-state index is 5.96. The second-order valence-electron chi connectivity index (χ2n) is 5.59. The van der Waals surface area contributed by atoms with Crippen LogP contribution < -0.4 is 5.68 Å². The first-order chi connectivity index (χ1) is 7.47. The van der Waals surface area contributed by atoms with Gasteiger partial charge in [0.2, 0.25) is 0 Å². The Hall–Kier alpha value is -0.990. The van der Waals surface area contributed by atoms with E-state index in [1.54, 1.807) is 7.05 Å². The van der Waals surface area contributed by atoms with Crippen molar-refractivity contribution in [3.63, 3.8) is 0 Å². The SMILES string of the molecule is CN=c1oc2c(n1C(C)C)CCCC2(C)C. The lowest BCUT2D eigenvalue weighted by molar-refractivity contribution is 0.320. The smallest absolute Gasteiger partial charge is 0.297 e. The van der Waals surface area contributed by atoms with Gasteiger partial charge < -0.3 is 4.42 Å². The van der Waals surface area contributed by atoms with Crippen molar-refractivity contribution in [1.82, 2.24) is 4.57 Å². The van der Waals surface area contributed by atoms with Crippen LogP contribution in [0, 0.1) is 0 Å². The van der Waals surface area contributed by atoms with Gasteiger partial charge in [0.25, 0.3) is 5.68 Å². The third-order valence-electron chi connectivity index (χ3n) is 3.49. The molecule has 1 aliphatic carbocycles. The van der Waals surface area contributed by atoms with Crippen molar-refractivity contribution in [2.75, 3.05) is 7.05 Å². The van der Waals surface area contributed by atoms with E-state index < -0.39 is 0 Å². The molecule has 0 aromatic carbocycles. The number of oxazole rings is 1. The summed E-state index contributed by atoms with van der Waals surface area (Å²) in [6.07, 6.45) is 3.57. The Balaban J connectivity index is 2.69. The van der Waals surface area contributed by atoms with Crippen molar-refractivity contribution in [1.29, 1.82) is 0 Å². The van der Waals surface area contributed by atoms with Crippen molar-refractivity contribution in [2.45, 2.75) is 58.4 Å². The summed E-state index contributed by atoms with van der Waals surface area (Å²) in [5.74, 6) is 1.15. The van der Waals surface area contributed by atoms with Crippen LogP contribution in [-0.4, -0.2) is 11.6 Å². The van der Waals surface area contributed by atoms with Gasteiger partial charge in [-0.05, 0) is 33.1 Å². The van der Waals surface area contributed by atoms with Gasteiger partial charge in [-0.25, -0.2) is 4.99 Å². The van der Waals surface area contributed by atoms with Gasteiger partial charge in [0.15, 0.2) is 0 Å². The summed E-state index contributed by atoms with van der Waals surface area (Å²) in [5, 5.41) is 0. The second-order valence-corrected chi connectivity index (χ2v) is 5.59. The van der Waals surface area contributed by atoms with Crippen LogP contribution in [0.25, 0.3) is 0 Å². The molecule has 2 rings (SSSR count). The summed E-state index contributed by atoms with van der Waals surface area (Å²) < 4.78 is 8.21. The van der Waals surface area contributed by atoms with Gasteiger partial charge in [-0.15, -0.1) is 0 Å². The van der Waals surface area contributed by atoms with Crippen LogP contribution in [0.1, 0.15) is 58.0 Å². The standard InChI is InChI=1S/C13H22N2O/c1-9(2)15-10-7-6-8-13(3,4)11(10)16-12(15)14-5/h9H,6-8H2,1-5H3. The van der Waals surface area contributed by atoms with E-state index in [2.05, 4.69) is 37.3 Å². The molecule has 1 aliphatic rings. The minimum absolute atomic E-state index is 0.160. The third-order valence-corrected chi connectivity index (χ3v) is 3.49. The number of aromatic nitrogens is 1. The van der Waals surface area contributed by atoms with E-state index in [-0.39, 0.29) is 5.41 Å². The van der Waals surface area contributed by atoms with E-state index in [0.717, 1.165) is 17.9 Å². The minimum atomic E-state index is 0.160. The van der Waals surface area contributed by atoms with Gasteiger partial charge in [-0.1, -0.05) is 13.8 Å². The molecular formula is C13H22N2O. The van der Waals surface area contributed by atoms with Crippen LogP contribution in [0.2, 0.25) is 0 Å². The van der Waals surface area contributed by atoms with Crippen molar-refractivity contribution >= 4 is 0 Å². The number of fused-ring (bicyclic) bond motifs is 1. The average molecular weight is 222 g/mol. The highest BCUT2D eigenvalue weighted by Crippen LogP contribution is 2.36. The Labute approximate surface area is 97.2 Å². The van der Waals surface area contributed by atoms with Crippen molar-refractivity contribution < 1.29 is 4.42 Å². The lowest BCUT2D eigenvalue weighted by Gasteiger charge is -2.28. The lowest BCUT2D eigenvalue weighted by Crippen LogP contribution is -2.25. The van der Waals surface area contributed by atoms with E-state index in [4.69, 9.17) is 4.42 Å². The molecule has 0 atom stereocenters. The molecule has 0 unspecified atom stereocenters. The highest BCUT2D eigenvalue weighted by atomic mass is 16.4. The van der Waals surface area contributed by atoms with Gasteiger partial charge >= 0.3 is 0 Å². The van der Waals surface area contributed by atoms with Crippen LogP contribution in [0.5, 0.6) is 0 Å². The summed E-state index contributed by atoms with van der Waals surface area (Å²) in [6, 6.07) is 0.417. The van der Waals surface area contributed by atoms with Gasteiger partial charge in [-0.2, -0.15) is 0 Å². The Morgan fingerprint density at radius 2 is 2.06 bits per heavy atom. The Kier molecular flexibility index (Phi) is 2.72. The first-order valence-corrected chi connectivity index (χ1v) is 6.15. The Morgan fingerprint density at radius 3 is 2.62 bits per heavy atom. The van der Waals surface area contributed by atoms with E-state index in [1.165, 1.54) is 18.5 Å². The van der Waals surface area contributed by atoms with Crippen LogP contribution >= 0.6 is 0 Å². The first kappa shape index (κ1) is 11.5. The molecule has 0 fully saturated rings. The normalized spacial score (nSPS) is 20.2. The van der Waals surface area contributed by atoms with Crippen LogP contribution in [0.3, 0.4) is 0 Å². The van der Waals surface area contributed by atoms with E-state index in [9.17, 15) is 0 Å². The molecule has 0 N–H and O–H groups in total. The summed E-state index contributed by atoms with van der Waals surface area (Å²) in [6.45, 7) is 8.90. The number of nitrogens with zero attached hydrogens (tertiary/aromatic N) is 2. The molecule has 90 valence electrons. The van der Waals surface area contributed by atoms with Gasteiger partial charge in [-0.3, -0.25) is 4.57 Å². The molecule has 1 aromatic rings. The van der Waals surface area contributed by atoms with Crippen LogP contribution in [0.15, 0.2) is 9.41 Å². The van der Waals surface area contributed by atoms with Crippen LogP contribution in [0.4, 0.5) is 0 Å². The zero-order valence-corrected chi connectivity index (χ0v) is 11.0. The van der Waals surface area contributed by atoms with E-state index >= 15 is 0 Å². The largest absolute Gasteiger partial charge is 0.428 e. The van der Waals surface area contributed by atoms with Crippen molar-refractivity contribution in [3.8, 4) is 0 Å². The predicted octanol–water partition coefficient (Wildman–Crippen LogP) is 2.81. The van der Waals surface area contributed by atoms with E-state index in [0.29, 0.717) is 6.04 Å². The zero-order valence-electron chi connectivity index (χ0n) is 11.0. The molecule has 3 nitrogen and oxygen atoms in total. The maximum Gasteiger partial charge on any atom is 0.297 e. The molecule has 1 heterocycles. The van der Waals surface area contributed by atoms with Crippen molar-refractivity contribution in [2.24, 2.45) is 4.99 Å². The second kappa shape index (κ2) is 3.79. The molecule has 0 bridgehead atoms. The summed E-state index contributed by atoms with van der Waals surface area (Å²) in [7, 11) is 1.80. The monoisotopic (exact) mass is 222 g/mol. The first-order valence-electron chi connectivity index (χ1n) is 6.15. The average Bonchev–Trinajstić information content (AvgIpc) is 2.57. The molecule has 16 heavy (non-hydrogen) atoms. The molecule has 0 spiro atoms. The number of hydrogen-bond acceptors (Lipinski definition) is 2. The topological polar surface area (TPSA) is 30.4 Å². The van der Waals surface area contributed by atoms with Gasteiger partial charge in [0, 0.05) is 18.5 Å². The fourth-order valence-electron chi connectivity index (χ4n) is 2.68.